The number of benzene rings is 1. The van der Waals surface area contributed by atoms with Gasteiger partial charge in [-0.15, -0.1) is 0 Å². The molecule has 8 heteroatoms. The Labute approximate surface area is 161 Å². The highest BCUT2D eigenvalue weighted by atomic mass is 32.1. The van der Waals surface area contributed by atoms with Gasteiger partial charge in [0.25, 0.3) is 0 Å². The molecule has 0 aliphatic heterocycles. The van der Waals surface area contributed by atoms with Crippen LogP contribution in [0.15, 0.2) is 39.5 Å². The first-order chi connectivity index (χ1) is 13.1. The Morgan fingerprint density at radius 2 is 2.15 bits per heavy atom. The molecular formula is C19H21N3O4S. The van der Waals surface area contributed by atoms with Crippen molar-refractivity contribution in [1.29, 1.82) is 0 Å². The van der Waals surface area contributed by atoms with Gasteiger partial charge in [0.05, 0.1) is 20.3 Å². The molecule has 0 bridgehead atoms. The van der Waals surface area contributed by atoms with Crippen molar-refractivity contribution in [2.75, 3.05) is 14.2 Å². The van der Waals surface area contributed by atoms with Crippen LogP contribution in [0.3, 0.4) is 0 Å². The molecule has 1 atom stereocenters. The predicted molar refractivity (Wildman–Crippen MR) is 102 cm³/mol. The molecular weight excluding hydrogens is 366 g/mol. The lowest BCUT2D eigenvalue weighted by Crippen LogP contribution is -2.27. The minimum absolute atomic E-state index is 0.109. The maximum atomic E-state index is 12.3. The number of carbonyl (C=O) groups is 1. The van der Waals surface area contributed by atoms with Crippen molar-refractivity contribution in [3.05, 3.63) is 46.5 Å². The van der Waals surface area contributed by atoms with E-state index in [9.17, 15) is 4.79 Å². The first-order valence-electron chi connectivity index (χ1n) is 8.47. The van der Waals surface area contributed by atoms with E-state index in [-0.39, 0.29) is 18.4 Å². The number of amides is 1. The lowest BCUT2D eigenvalue weighted by Gasteiger charge is -2.18. The second-order valence-corrected chi connectivity index (χ2v) is 6.70. The van der Waals surface area contributed by atoms with E-state index in [0.29, 0.717) is 29.6 Å². The van der Waals surface area contributed by atoms with Crippen molar-refractivity contribution < 1.29 is 18.8 Å². The number of nitrogens with zero attached hydrogens (tertiary/aromatic N) is 2. The second kappa shape index (κ2) is 8.68. The van der Waals surface area contributed by atoms with Gasteiger partial charge in [-0.25, -0.2) is 0 Å². The Hall–Kier alpha value is -2.87. The number of hydrogen-bond acceptors (Lipinski definition) is 7. The monoisotopic (exact) mass is 387 g/mol. The maximum Gasteiger partial charge on any atom is 0.227 e. The van der Waals surface area contributed by atoms with Gasteiger partial charge in [0.2, 0.25) is 17.6 Å². The summed E-state index contributed by atoms with van der Waals surface area (Å²) in [6, 6.07) is 7.19. The van der Waals surface area contributed by atoms with Crippen molar-refractivity contribution in [2.24, 2.45) is 0 Å². The minimum Gasteiger partial charge on any atom is -0.497 e. The van der Waals surface area contributed by atoms with Crippen LogP contribution >= 0.6 is 11.3 Å². The Morgan fingerprint density at radius 1 is 1.30 bits per heavy atom. The zero-order valence-electron chi connectivity index (χ0n) is 15.4. The number of aryl methyl sites for hydroxylation is 1. The molecule has 0 aliphatic carbocycles. The molecule has 3 rings (SSSR count). The van der Waals surface area contributed by atoms with Gasteiger partial charge in [0, 0.05) is 29.3 Å². The normalized spacial score (nSPS) is 11.8. The molecule has 1 aromatic carbocycles. The molecule has 0 aliphatic rings. The van der Waals surface area contributed by atoms with Gasteiger partial charge in [-0.3, -0.25) is 4.79 Å². The van der Waals surface area contributed by atoms with E-state index in [1.807, 2.05) is 41.9 Å². The van der Waals surface area contributed by atoms with Crippen molar-refractivity contribution >= 4 is 17.2 Å². The number of carbonyl (C=O) groups excluding carboxylic acids is 1. The summed E-state index contributed by atoms with van der Waals surface area (Å²) in [6.45, 7) is 1.90. The summed E-state index contributed by atoms with van der Waals surface area (Å²) in [6.07, 6.45) is 0.632. The molecule has 0 fully saturated rings. The molecule has 142 valence electrons. The van der Waals surface area contributed by atoms with Crippen LogP contribution in [-0.2, 0) is 11.2 Å². The summed E-state index contributed by atoms with van der Waals surface area (Å²) in [5.41, 5.74) is 1.76. The Bertz CT molecular complexity index is 892. The molecule has 2 heterocycles. The SMILES string of the molecule is COc1ccc(OC)c(C(C)NC(=O)CCc2nc(-c3ccsc3)no2)c1. The standard InChI is InChI=1S/C19H21N3O4S/c1-12(15-10-14(24-2)4-5-16(15)25-3)20-17(23)6-7-18-21-19(22-26-18)13-8-9-27-11-13/h4-5,8-12H,6-7H2,1-3H3,(H,20,23). The average Bonchev–Trinajstić information content (AvgIpc) is 3.37. The fraction of sp³-hybridized carbons (Fsp3) is 0.316. The van der Waals surface area contributed by atoms with Gasteiger partial charge in [0.1, 0.15) is 11.5 Å². The molecule has 7 nitrogen and oxygen atoms in total. The molecule has 0 spiro atoms. The summed E-state index contributed by atoms with van der Waals surface area (Å²) in [4.78, 5) is 16.6. The van der Waals surface area contributed by atoms with Crippen LogP contribution in [0, 0.1) is 0 Å². The lowest BCUT2D eigenvalue weighted by atomic mass is 10.1. The minimum atomic E-state index is -0.230. The third-order valence-corrected chi connectivity index (χ3v) is 4.78. The molecule has 3 aromatic rings. The topological polar surface area (TPSA) is 86.5 Å². The zero-order valence-corrected chi connectivity index (χ0v) is 16.2. The molecule has 1 unspecified atom stereocenters. The van der Waals surface area contributed by atoms with Crippen LogP contribution in [0.25, 0.3) is 11.4 Å². The summed E-state index contributed by atoms with van der Waals surface area (Å²) in [5, 5.41) is 10.8. The van der Waals surface area contributed by atoms with E-state index in [1.54, 1.807) is 25.6 Å². The molecule has 1 amide bonds. The summed E-state index contributed by atoms with van der Waals surface area (Å²) in [7, 11) is 3.20. The van der Waals surface area contributed by atoms with Crippen LogP contribution in [0.1, 0.15) is 30.8 Å². The Balaban J connectivity index is 1.58. The van der Waals surface area contributed by atoms with Crippen molar-refractivity contribution in [2.45, 2.75) is 25.8 Å². The Kier molecular flexibility index (Phi) is 6.08. The van der Waals surface area contributed by atoms with Gasteiger partial charge < -0.3 is 19.3 Å². The third kappa shape index (κ3) is 4.65. The van der Waals surface area contributed by atoms with Gasteiger partial charge in [-0.2, -0.15) is 16.3 Å². The molecule has 2 aromatic heterocycles. The fourth-order valence-electron chi connectivity index (χ4n) is 2.66. The predicted octanol–water partition coefficient (Wildman–Crippen LogP) is 3.63. The maximum absolute atomic E-state index is 12.3. The Morgan fingerprint density at radius 3 is 2.85 bits per heavy atom. The largest absolute Gasteiger partial charge is 0.497 e. The van der Waals surface area contributed by atoms with E-state index in [1.165, 1.54) is 0 Å². The number of nitrogens with one attached hydrogen (secondary N) is 1. The van der Waals surface area contributed by atoms with Gasteiger partial charge in [-0.1, -0.05) is 5.16 Å². The van der Waals surface area contributed by atoms with E-state index >= 15 is 0 Å². The van der Waals surface area contributed by atoms with E-state index in [4.69, 9.17) is 14.0 Å². The molecule has 0 radical (unpaired) electrons. The highest BCUT2D eigenvalue weighted by molar-refractivity contribution is 7.08. The molecule has 1 N–H and O–H groups in total. The number of hydrogen-bond donors (Lipinski definition) is 1. The number of aromatic nitrogens is 2. The number of methoxy groups -OCH3 is 2. The van der Waals surface area contributed by atoms with Crippen LogP contribution in [0.4, 0.5) is 0 Å². The highest BCUT2D eigenvalue weighted by Crippen LogP contribution is 2.29. The molecule has 0 saturated carbocycles. The van der Waals surface area contributed by atoms with Crippen LogP contribution in [0.2, 0.25) is 0 Å². The third-order valence-electron chi connectivity index (χ3n) is 4.09. The number of ether oxygens (including phenoxy) is 2. The summed E-state index contributed by atoms with van der Waals surface area (Å²) < 4.78 is 15.9. The quantitative estimate of drug-likeness (QED) is 0.635. The lowest BCUT2D eigenvalue weighted by molar-refractivity contribution is -0.121. The smallest absolute Gasteiger partial charge is 0.227 e. The first-order valence-corrected chi connectivity index (χ1v) is 9.41. The summed E-state index contributed by atoms with van der Waals surface area (Å²) in [5.74, 6) is 2.28. The highest BCUT2D eigenvalue weighted by Gasteiger charge is 2.16. The molecule has 0 saturated heterocycles. The van der Waals surface area contributed by atoms with Gasteiger partial charge >= 0.3 is 0 Å². The van der Waals surface area contributed by atoms with Crippen molar-refractivity contribution in [1.82, 2.24) is 15.5 Å². The summed E-state index contributed by atoms with van der Waals surface area (Å²) >= 11 is 1.57. The van der Waals surface area contributed by atoms with Crippen LogP contribution in [0.5, 0.6) is 11.5 Å². The van der Waals surface area contributed by atoms with Gasteiger partial charge in [-0.05, 0) is 36.6 Å². The molecule has 27 heavy (non-hydrogen) atoms. The average molecular weight is 387 g/mol. The zero-order chi connectivity index (χ0) is 19.2. The number of thiophene rings is 1. The fourth-order valence-corrected chi connectivity index (χ4v) is 3.29. The van der Waals surface area contributed by atoms with Crippen molar-refractivity contribution in [3.63, 3.8) is 0 Å². The second-order valence-electron chi connectivity index (χ2n) is 5.92. The van der Waals surface area contributed by atoms with E-state index in [0.717, 1.165) is 11.1 Å². The van der Waals surface area contributed by atoms with E-state index in [2.05, 4.69) is 15.5 Å². The van der Waals surface area contributed by atoms with Crippen molar-refractivity contribution in [3.8, 4) is 22.9 Å². The van der Waals surface area contributed by atoms with E-state index < -0.39 is 0 Å². The van der Waals surface area contributed by atoms with Gasteiger partial charge in [0.15, 0.2) is 0 Å². The first kappa shape index (κ1) is 18.9. The van der Waals surface area contributed by atoms with Crippen LogP contribution < -0.4 is 14.8 Å². The number of rotatable bonds is 8. The van der Waals surface area contributed by atoms with Crippen LogP contribution in [-0.4, -0.2) is 30.3 Å².